The first-order valence-corrected chi connectivity index (χ1v) is 5.09. The van der Waals surface area contributed by atoms with Gasteiger partial charge in [0.15, 0.2) is 0 Å². The summed E-state index contributed by atoms with van der Waals surface area (Å²) in [5, 5.41) is 0. The molecule has 0 aromatic rings. The summed E-state index contributed by atoms with van der Waals surface area (Å²) in [7, 11) is -4.95. The van der Waals surface area contributed by atoms with Gasteiger partial charge in [-0.15, -0.1) is 3.97 Å². The van der Waals surface area contributed by atoms with Crippen LogP contribution in [0.25, 0.3) is 0 Å². The number of hydrogen-bond acceptors (Lipinski definition) is 5. The molecule has 0 rings (SSSR count). The zero-order chi connectivity index (χ0) is 8.74. The van der Waals surface area contributed by atoms with Crippen LogP contribution in [0.15, 0.2) is 0 Å². The summed E-state index contributed by atoms with van der Waals surface area (Å²) in [6, 6.07) is 0. The highest BCUT2D eigenvalue weighted by atomic mass is 32.3. The Balaban J connectivity index is 3.65. The predicted octanol–water partition coefficient (Wildman–Crippen LogP) is 1.27. The van der Waals surface area contributed by atoms with Crippen LogP contribution < -0.4 is 0 Å². The van der Waals surface area contributed by atoms with E-state index in [0.29, 0.717) is 6.42 Å². The predicted molar refractivity (Wildman–Crippen MR) is 38.5 cm³/mol. The maximum atomic E-state index is 10.5. The fourth-order valence-electron chi connectivity index (χ4n) is 0.364. The van der Waals surface area contributed by atoms with Crippen LogP contribution in [0.4, 0.5) is 0 Å². The van der Waals surface area contributed by atoms with Gasteiger partial charge in [-0.2, -0.15) is 8.42 Å². The van der Waals surface area contributed by atoms with E-state index < -0.39 is 19.1 Å². The summed E-state index contributed by atoms with van der Waals surface area (Å²) in [5.41, 5.74) is 0. The van der Waals surface area contributed by atoms with Gasteiger partial charge in [-0.3, -0.25) is 0 Å². The topological polar surface area (TPSA) is 69.7 Å². The van der Waals surface area contributed by atoms with Crippen molar-refractivity contribution in [2.75, 3.05) is 6.61 Å². The van der Waals surface area contributed by atoms with E-state index in [-0.39, 0.29) is 6.61 Å². The smallest absolute Gasteiger partial charge is 0.248 e. The fourth-order valence-corrected chi connectivity index (χ4v) is 1.16. The molecule has 0 fully saturated rings. The van der Waals surface area contributed by atoms with Crippen molar-refractivity contribution in [1.29, 1.82) is 0 Å². The fraction of sp³-hybridized carbons (Fsp3) is 1.00. The molecule has 0 spiro atoms. The van der Waals surface area contributed by atoms with Gasteiger partial charge in [-0.05, 0) is 6.42 Å². The van der Waals surface area contributed by atoms with Crippen LogP contribution in [0, 0.1) is 0 Å². The van der Waals surface area contributed by atoms with Gasteiger partial charge in [-0.25, -0.2) is 8.75 Å². The SMILES string of the molecule is CCCCOS(=O)(=O)OP=O. The van der Waals surface area contributed by atoms with Gasteiger partial charge in [0.05, 0.1) is 6.61 Å². The van der Waals surface area contributed by atoms with Crippen molar-refractivity contribution in [1.82, 2.24) is 0 Å². The Morgan fingerprint density at radius 1 is 1.45 bits per heavy atom. The van der Waals surface area contributed by atoms with Gasteiger partial charge < -0.3 is 0 Å². The van der Waals surface area contributed by atoms with Crippen LogP contribution in [0.5, 0.6) is 0 Å². The highest BCUT2D eigenvalue weighted by Gasteiger charge is 2.10. The second-order valence-corrected chi connectivity index (χ2v) is 3.53. The third-order valence-corrected chi connectivity index (χ3v) is 2.28. The monoisotopic (exact) mass is 200 g/mol. The third-order valence-electron chi connectivity index (χ3n) is 0.847. The zero-order valence-corrected chi connectivity index (χ0v) is 7.73. The van der Waals surface area contributed by atoms with Gasteiger partial charge in [-0.1, -0.05) is 13.3 Å². The quantitative estimate of drug-likeness (QED) is 0.477. The van der Waals surface area contributed by atoms with Crippen LogP contribution in [-0.4, -0.2) is 15.0 Å². The molecule has 0 N–H and O–H groups in total. The minimum Gasteiger partial charge on any atom is -0.248 e. The first kappa shape index (κ1) is 11.0. The Labute approximate surface area is 67.3 Å². The third kappa shape index (κ3) is 6.37. The maximum Gasteiger partial charge on any atom is 0.410 e. The van der Waals surface area contributed by atoms with E-state index in [1.165, 1.54) is 0 Å². The molecule has 0 amide bonds. The summed E-state index contributed by atoms with van der Waals surface area (Å²) in [6.45, 7) is 1.96. The van der Waals surface area contributed by atoms with Crippen molar-refractivity contribution in [3.05, 3.63) is 0 Å². The van der Waals surface area contributed by atoms with Crippen molar-refractivity contribution in [2.24, 2.45) is 0 Å². The summed E-state index contributed by atoms with van der Waals surface area (Å²) in [4.78, 5) is 0. The largest absolute Gasteiger partial charge is 0.410 e. The van der Waals surface area contributed by atoms with Gasteiger partial charge in [0.2, 0.25) is 0 Å². The molecule has 5 nitrogen and oxygen atoms in total. The molecule has 0 saturated carbocycles. The minimum atomic E-state index is -4.03. The first-order valence-electron chi connectivity index (χ1n) is 3.03. The highest BCUT2D eigenvalue weighted by Crippen LogP contribution is 2.06. The lowest BCUT2D eigenvalue weighted by molar-refractivity contribution is 0.273. The molecule has 66 valence electrons. The molecule has 0 aliphatic rings. The molecular formula is C4H9O5PS. The van der Waals surface area contributed by atoms with Gasteiger partial charge in [0, 0.05) is 0 Å². The maximum absolute atomic E-state index is 10.5. The summed E-state index contributed by atoms with van der Waals surface area (Å²) in [5.74, 6) is 0. The second kappa shape index (κ2) is 5.60. The Kier molecular flexibility index (Phi) is 5.58. The van der Waals surface area contributed by atoms with Gasteiger partial charge >= 0.3 is 19.1 Å². The first-order chi connectivity index (χ1) is 5.12. The van der Waals surface area contributed by atoms with E-state index in [1.807, 2.05) is 6.92 Å². The van der Waals surface area contributed by atoms with E-state index in [9.17, 15) is 13.0 Å². The zero-order valence-electron chi connectivity index (χ0n) is 6.02. The summed E-state index contributed by atoms with van der Waals surface area (Å²) < 4.78 is 38.6. The lowest BCUT2D eigenvalue weighted by Gasteiger charge is -1.98. The molecular weight excluding hydrogens is 191 g/mol. The van der Waals surface area contributed by atoms with Crippen LogP contribution in [0.2, 0.25) is 0 Å². The van der Waals surface area contributed by atoms with Crippen molar-refractivity contribution in [2.45, 2.75) is 19.8 Å². The van der Waals surface area contributed by atoms with E-state index in [4.69, 9.17) is 0 Å². The molecule has 0 radical (unpaired) electrons. The van der Waals surface area contributed by atoms with Crippen LogP contribution in [0.3, 0.4) is 0 Å². The average molecular weight is 200 g/mol. The molecule has 0 aromatic heterocycles. The van der Waals surface area contributed by atoms with Crippen molar-refractivity contribution < 1.29 is 21.1 Å². The minimum absolute atomic E-state index is 0.0638. The lowest BCUT2D eigenvalue weighted by Crippen LogP contribution is -2.05. The summed E-state index contributed by atoms with van der Waals surface area (Å²) >= 11 is 0. The van der Waals surface area contributed by atoms with Crippen LogP contribution in [0.1, 0.15) is 19.8 Å². The Morgan fingerprint density at radius 2 is 2.09 bits per heavy atom. The van der Waals surface area contributed by atoms with Crippen molar-refractivity contribution in [3.63, 3.8) is 0 Å². The molecule has 11 heavy (non-hydrogen) atoms. The molecule has 0 saturated heterocycles. The second-order valence-electron chi connectivity index (χ2n) is 1.73. The molecule has 0 atom stereocenters. The van der Waals surface area contributed by atoms with E-state index in [0.717, 1.165) is 6.42 Å². The molecule has 0 aromatic carbocycles. The van der Waals surface area contributed by atoms with Gasteiger partial charge in [0.1, 0.15) is 0 Å². The Morgan fingerprint density at radius 3 is 2.55 bits per heavy atom. The molecule has 0 aliphatic heterocycles. The number of unbranched alkanes of at least 4 members (excludes halogenated alkanes) is 1. The van der Waals surface area contributed by atoms with Crippen LogP contribution in [-0.2, 0) is 23.1 Å². The highest BCUT2D eigenvalue weighted by molar-refractivity contribution is 7.84. The number of rotatable bonds is 6. The van der Waals surface area contributed by atoms with Crippen molar-refractivity contribution in [3.8, 4) is 0 Å². The standard InChI is InChI=1S/C4H9O5PS/c1-2-3-4-8-11(6,7)9-10-5/h2-4H2,1H3. The average Bonchev–Trinajstić information content (AvgIpc) is 1.87. The summed E-state index contributed by atoms with van der Waals surface area (Å²) in [6.07, 6.45) is 1.45. The van der Waals surface area contributed by atoms with E-state index in [2.05, 4.69) is 8.15 Å². The normalized spacial score (nSPS) is 12.1. The number of hydrogen-bond donors (Lipinski definition) is 0. The van der Waals surface area contributed by atoms with Gasteiger partial charge in [0.25, 0.3) is 0 Å². The molecule has 0 heterocycles. The van der Waals surface area contributed by atoms with E-state index in [1.54, 1.807) is 0 Å². The van der Waals surface area contributed by atoms with E-state index >= 15 is 0 Å². The molecule has 0 bridgehead atoms. The van der Waals surface area contributed by atoms with Crippen LogP contribution >= 0.6 is 8.69 Å². The van der Waals surface area contributed by atoms with Crippen molar-refractivity contribution >= 4 is 19.1 Å². The molecule has 0 unspecified atom stereocenters. The molecule has 0 aliphatic carbocycles. The Hall–Kier alpha value is -0.0300. The lowest BCUT2D eigenvalue weighted by atomic mass is 10.4. The Bertz CT molecular complexity index is 199. The molecule has 7 heteroatoms.